The third-order valence-electron chi connectivity index (χ3n) is 2.95. The van der Waals surface area contributed by atoms with Crippen molar-refractivity contribution in [3.8, 4) is 0 Å². The molecule has 0 saturated carbocycles. The van der Waals surface area contributed by atoms with E-state index in [1.165, 1.54) is 11.8 Å². The molecule has 0 aliphatic carbocycles. The Bertz CT molecular complexity index is 378. The van der Waals surface area contributed by atoms with E-state index >= 15 is 0 Å². The first-order chi connectivity index (χ1) is 8.04. The zero-order valence-corrected chi connectivity index (χ0v) is 11.3. The Labute approximate surface area is 109 Å². The first kappa shape index (κ1) is 13.9. The van der Waals surface area contributed by atoms with E-state index in [0.29, 0.717) is 6.04 Å². The Morgan fingerprint density at radius 1 is 1.65 bits per heavy atom. The molecule has 0 aromatic rings. The number of nitrogens with one attached hydrogen (secondary N) is 1. The summed E-state index contributed by atoms with van der Waals surface area (Å²) >= 11 is 5.83. The summed E-state index contributed by atoms with van der Waals surface area (Å²) in [4.78, 5) is 0. The van der Waals surface area contributed by atoms with E-state index in [1.54, 1.807) is 0 Å². The molecule has 0 saturated heterocycles. The summed E-state index contributed by atoms with van der Waals surface area (Å²) in [5.41, 5.74) is 8.82. The van der Waals surface area contributed by atoms with Gasteiger partial charge < -0.3 is 11.1 Å². The first-order valence-electron chi connectivity index (χ1n) is 5.95. The van der Waals surface area contributed by atoms with Gasteiger partial charge in [-0.3, -0.25) is 0 Å². The predicted octanol–water partition coefficient (Wildman–Crippen LogP) is 3.57. The van der Waals surface area contributed by atoms with Crippen LogP contribution in [-0.4, -0.2) is 6.04 Å². The summed E-state index contributed by atoms with van der Waals surface area (Å²) in [6.07, 6.45) is 8.59. The van der Waals surface area contributed by atoms with Crippen LogP contribution < -0.4 is 11.1 Å². The molecular weight excluding hydrogens is 232 g/mol. The standard InChI is InChI=1S/C14H21ClN2/c1-10-8-11(2)14(17-12(10)3)7-5-4-6-13(15)9-16/h7-9,12,17H,2,4-6,16H2,1,3H3/b13-9+,14-7?. The molecule has 0 amide bonds. The highest BCUT2D eigenvalue weighted by molar-refractivity contribution is 6.29. The van der Waals surface area contributed by atoms with Gasteiger partial charge in [0.25, 0.3) is 0 Å². The number of unbranched alkanes of at least 4 members (excludes halogenated alkanes) is 1. The lowest BCUT2D eigenvalue weighted by atomic mass is 9.99. The van der Waals surface area contributed by atoms with Crippen LogP contribution >= 0.6 is 11.6 Å². The highest BCUT2D eigenvalue weighted by Gasteiger charge is 2.13. The third kappa shape index (κ3) is 4.31. The number of nitrogens with two attached hydrogens (primary N) is 1. The van der Waals surface area contributed by atoms with Crippen molar-refractivity contribution in [1.29, 1.82) is 0 Å². The summed E-state index contributed by atoms with van der Waals surface area (Å²) in [5, 5.41) is 4.16. The van der Waals surface area contributed by atoms with Crippen molar-refractivity contribution in [2.24, 2.45) is 5.73 Å². The summed E-state index contributed by atoms with van der Waals surface area (Å²) in [7, 11) is 0. The molecule has 0 radical (unpaired) electrons. The Hall–Kier alpha value is -1.15. The molecule has 1 aliphatic rings. The van der Waals surface area contributed by atoms with E-state index < -0.39 is 0 Å². The normalized spacial score (nSPS) is 23.6. The second kappa shape index (κ2) is 6.55. The minimum atomic E-state index is 0.388. The van der Waals surface area contributed by atoms with Crippen LogP contribution in [0.5, 0.6) is 0 Å². The van der Waals surface area contributed by atoms with Gasteiger partial charge in [-0.25, -0.2) is 0 Å². The van der Waals surface area contributed by atoms with Crippen LogP contribution in [0.4, 0.5) is 0 Å². The van der Waals surface area contributed by atoms with E-state index in [9.17, 15) is 0 Å². The van der Waals surface area contributed by atoms with Crippen molar-refractivity contribution in [2.75, 3.05) is 0 Å². The number of halogens is 1. The van der Waals surface area contributed by atoms with Crippen LogP contribution in [-0.2, 0) is 0 Å². The molecular formula is C14H21ClN2. The van der Waals surface area contributed by atoms with Crippen molar-refractivity contribution >= 4 is 11.6 Å². The van der Waals surface area contributed by atoms with Crippen molar-refractivity contribution in [3.05, 3.63) is 46.8 Å². The van der Waals surface area contributed by atoms with Crippen LogP contribution in [0.25, 0.3) is 0 Å². The quantitative estimate of drug-likeness (QED) is 0.751. The molecule has 0 aromatic carbocycles. The van der Waals surface area contributed by atoms with Crippen LogP contribution in [0.15, 0.2) is 46.8 Å². The van der Waals surface area contributed by atoms with Gasteiger partial charge in [0.05, 0.1) is 0 Å². The molecule has 1 heterocycles. The lowest BCUT2D eigenvalue weighted by molar-refractivity contribution is 0.678. The predicted molar refractivity (Wildman–Crippen MR) is 75.6 cm³/mol. The van der Waals surface area contributed by atoms with E-state index in [1.807, 2.05) is 0 Å². The van der Waals surface area contributed by atoms with Crippen LogP contribution in [0.1, 0.15) is 33.1 Å². The van der Waals surface area contributed by atoms with Crippen molar-refractivity contribution < 1.29 is 0 Å². The van der Waals surface area contributed by atoms with E-state index in [0.717, 1.165) is 35.6 Å². The van der Waals surface area contributed by atoms with Gasteiger partial charge in [0, 0.05) is 23.0 Å². The first-order valence-corrected chi connectivity index (χ1v) is 6.33. The fourth-order valence-corrected chi connectivity index (χ4v) is 1.84. The van der Waals surface area contributed by atoms with Crippen LogP contribution in [0.3, 0.4) is 0 Å². The highest BCUT2D eigenvalue weighted by atomic mass is 35.5. The summed E-state index contributed by atoms with van der Waals surface area (Å²) in [6.45, 7) is 8.32. The molecule has 94 valence electrons. The van der Waals surface area contributed by atoms with Gasteiger partial charge in [-0.15, -0.1) is 0 Å². The van der Waals surface area contributed by atoms with Crippen molar-refractivity contribution in [2.45, 2.75) is 39.2 Å². The summed E-state index contributed by atoms with van der Waals surface area (Å²) < 4.78 is 0. The Morgan fingerprint density at radius 2 is 2.35 bits per heavy atom. The topological polar surface area (TPSA) is 38.0 Å². The average molecular weight is 253 g/mol. The van der Waals surface area contributed by atoms with Gasteiger partial charge in [0.15, 0.2) is 0 Å². The smallest absolute Gasteiger partial charge is 0.0446 e. The zero-order chi connectivity index (χ0) is 12.8. The monoisotopic (exact) mass is 252 g/mol. The fraction of sp³-hybridized carbons (Fsp3) is 0.429. The lowest BCUT2D eigenvalue weighted by Gasteiger charge is -2.25. The number of allylic oxidation sites excluding steroid dienone is 3. The average Bonchev–Trinajstić information content (AvgIpc) is 2.30. The molecule has 0 aromatic heterocycles. The maximum absolute atomic E-state index is 5.83. The fourth-order valence-electron chi connectivity index (χ4n) is 1.71. The Kier molecular flexibility index (Phi) is 5.36. The molecule has 3 N–H and O–H groups in total. The van der Waals surface area contributed by atoms with Crippen LogP contribution in [0, 0.1) is 0 Å². The summed E-state index contributed by atoms with van der Waals surface area (Å²) in [6, 6.07) is 0.388. The molecule has 3 heteroatoms. The van der Waals surface area contributed by atoms with Gasteiger partial charge >= 0.3 is 0 Å². The highest BCUT2D eigenvalue weighted by Crippen LogP contribution is 2.20. The van der Waals surface area contributed by atoms with E-state index in [-0.39, 0.29) is 0 Å². The Balaban J connectivity index is 2.48. The molecule has 1 unspecified atom stereocenters. The van der Waals surface area contributed by atoms with Gasteiger partial charge in [0.1, 0.15) is 0 Å². The number of hydrogen-bond donors (Lipinski definition) is 2. The second-order valence-corrected chi connectivity index (χ2v) is 4.89. The van der Waals surface area contributed by atoms with Gasteiger partial charge in [-0.05, 0) is 38.7 Å². The number of hydrogen-bond acceptors (Lipinski definition) is 2. The summed E-state index contributed by atoms with van der Waals surface area (Å²) in [5.74, 6) is 0. The molecule has 1 rings (SSSR count). The van der Waals surface area contributed by atoms with Gasteiger partial charge in [-0.2, -0.15) is 0 Å². The largest absolute Gasteiger partial charge is 0.404 e. The molecule has 0 bridgehead atoms. The minimum Gasteiger partial charge on any atom is -0.404 e. The second-order valence-electron chi connectivity index (χ2n) is 4.40. The Morgan fingerprint density at radius 3 is 3.00 bits per heavy atom. The van der Waals surface area contributed by atoms with Gasteiger partial charge in [-0.1, -0.05) is 35.9 Å². The maximum atomic E-state index is 5.83. The van der Waals surface area contributed by atoms with E-state index in [2.05, 4.69) is 37.9 Å². The molecule has 0 fully saturated rings. The third-order valence-corrected chi connectivity index (χ3v) is 3.27. The maximum Gasteiger partial charge on any atom is 0.0446 e. The molecule has 1 aliphatic heterocycles. The SMILES string of the molecule is C=C1C=C(C)C(C)NC1=CCCC/C(Cl)=C\N. The molecule has 1 atom stereocenters. The zero-order valence-electron chi connectivity index (χ0n) is 10.6. The van der Waals surface area contributed by atoms with Crippen molar-refractivity contribution in [1.82, 2.24) is 5.32 Å². The lowest BCUT2D eigenvalue weighted by Crippen LogP contribution is -2.30. The molecule has 2 nitrogen and oxygen atoms in total. The number of rotatable bonds is 4. The van der Waals surface area contributed by atoms with Gasteiger partial charge in [0.2, 0.25) is 0 Å². The van der Waals surface area contributed by atoms with Crippen LogP contribution in [0.2, 0.25) is 0 Å². The molecule has 0 spiro atoms. The van der Waals surface area contributed by atoms with E-state index in [4.69, 9.17) is 17.3 Å². The molecule has 17 heavy (non-hydrogen) atoms. The van der Waals surface area contributed by atoms with Crippen molar-refractivity contribution in [3.63, 3.8) is 0 Å². The minimum absolute atomic E-state index is 0.388.